The van der Waals surface area contributed by atoms with Gasteiger partial charge in [0.05, 0.1) is 18.1 Å². The number of likely N-dealkylation sites (tertiary alicyclic amines) is 1. The third-order valence-electron chi connectivity index (χ3n) is 4.66. The predicted molar refractivity (Wildman–Crippen MR) is 73.6 cm³/mol. The molecule has 1 atom stereocenters. The van der Waals surface area contributed by atoms with Gasteiger partial charge < -0.3 is 5.11 Å². The molecule has 1 saturated carbocycles. The monoisotopic (exact) mass is 291 g/mol. The maximum atomic E-state index is 12.9. The Bertz CT molecular complexity index is 563. The lowest BCUT2D eigenvalue weighted by molar-refractivity contribution is -0.143. The van der Waals surface area contributed by atoms with E-state index in [1.165, 1.54) is 29.2 Å². The van der Waals surface area contributed by atoms with Crippen LogP contribution in [0.25, 0.3) is 0 Å². The molecule has 112 valence electrons. The summed E-state index contributed by atoms with van der Waals surface area (Å²) in [6.07, 6.45) is 2.78. The molecule has 2 aliphatic rings. The Balaban J connectivity index is 1.74. The second-order valence-corrected chi connectivity index (χ2v) is 6.04. The van der Waals surface area contributed by atoms with E-state index in [2.05, 4.69) is 0 Å². The van der Waals surface area contributed by atoms with E-state index in [4.69, 9.17) is 0 Å². The number of hydrogen-bond donors (Lipinski definition) is 1. The molecular weight excluding hydrogens is 273 g/mol. The first-order valence-electron chi connectivity index (χ1n) is 7.30. The van der Waals surface area contributed by atoms with E-state index in [0.29, 0.717) is 5.56 Å². The van der Waals surface area contributed by atoms with Crippen LogP contribution in [0, 0.1) is 11.2 Å². The van der Waals surface area contributed by atoms with Crippen molar-refractivity contribution in [3.8, 4) is 0 Å². The standard InChI is InChI=1S/C16H18FNO3/c17-12-5-3-11(4-6-12)13(19)10-18-14(20)9-16(15(18)21)7-1-2-8-16/h3-6,13,19H,1-2,7-10H2/t13-/m1/s1. The number of aliphatic hydroxyl groups excluding tert-OH is 1. The van der Waals surface area contributed by atoms with Crippen molar-refractivity contribution in [3.63, 3.8) is 0 Å². The summed E-state index contributed by atoms with van der Waals surface area (Å²) in [6.45, 7) is -0.0505. The van der Waals surface area contributed by atoms with Gasteiger partial charge in [-0.15, -0.1) is 0 Å². The van der Waals surface area contributed by atoms with Gasteiger partial charge in [-0.1, -0.05) is 25.0 Å². The zero-order chi connectivity index (χ0) is 15.0. The largest absolute Gasteiger partial charge is 0.387 e. The van der Waals surface area contributed by atoms with Gasteiger partial charge in [0.2, 0.25) is 11.8 Å². The van der Waals surface area contributed by atoms with Crippen LogP contribution >= 0.6 is 0 Å². The van der Waals surface area contributed by atoms with Crippen LogP contribution in [-0.2, 0) is 9.59 Å². The van der Waals surface area contributed by atoms with E-state index in [0.717, 1.165) is 25.7 Å². The minimum atomic E-state index is -0.977. The number of halogens is 1. The fraction of sp³-hybridized carbons (Fsp3) is 0.500. The number of β-amino-alcohol motifs (C(OH)–C–C–N with tert-alkyl or cyclic N) is 1. The fourth-order valence-electron chi connectivity index (χ4n) is 3.45. The van der Waals surface area contributed by atoms with Crippen molar-refractivity contribution < 1.29 is 19.1 Å². The smallest absolute Gasteiger partial charge is 0.236 e. The number of carbonyl (C=O) groups is 2. The number of aliphatic hydroxyl groups is 1. The second kappa shape index (κ2) is 5.22. The third kappa shape index (κ3) is 2.46. The summed E-state index contributed by atoms with van der Waals surface area (Å²) in [6, 6.07) is 5.45. The summed E-state index contributed by atoms with van der Waals surface area (Å²) in [4.78, 5) is 25.8. The van der Waals surface area contributed by atoms with Gasteiger partial charge in [-0.05, 0) is 30.5 Å². The maximum absolute atomic E-state index is 12.9. The van der Waals surface area contributed by atoms with Crippen LogP contribution in [0.3, 0.4) is 0 Å². The molecule has 0 unspecified atom stereocenters. The highest BCUT2D eigenvalue weighted by Gasteiger charge is 2.52. The molecule has 4 nitrogen and oxygen atoms in total. The third-order valence-corrected chi connectivity index (χ3v) is 4.66. The molecule has 0 bridgehead atoms. The van der Waals surface area contributed by atoms with Crippen molar-refractivity contribution in [1.29, 1.82) is 0 Å². The Morgan fingerprint density at radius 1 is 1.19 bits per heavy atom. The fourth-order valence-corrected chi connectivity index (χ4v) is 3.45. The minimum Gasteiger partial charge on any atom is -0.387 e. The zero-order valence-electron chi connectivity index (χ0n) is 11.7. The lowest BCUT2D eigenvalue weighted by atomic mass is 9.84. The molecule has 1 N–H and O–H groups in total. The molecule has 21 heavy (non-hydrogen) atoms. The molecule has 2 fully saturated rings. The summed E-state index contributed by atoms with van der Waals surface area (Å²) in [5.41, 5.74) is -0.0102. The first kappa shape index (κ1) is 14.2. The molecule has 1 aromatic carbocycles. The molecule has 0 radical (unpaired) electrons. The number of carbonyl (C=O) groups excluding carboxylic acids is 2. The first-order valence-corrected chi connectivity index (χ1v) is 7.30. The Kier molecular flexibility index (Phi) is 3.53. The summed E-state index contributed by atoms with van der Waals surface area (Å²) in [7, 11) is 0. The van der Waals surface area contributed by atoms with E-state index in [1.807, 2.05) is 0 Å². The van der Waals surface area contributed by atoms with Crippen molar-refractivity contribution in [2.75, 3.05) is 6.54 Å². The SMILES string of the molecule is O=C1CC2(CCCC2)C(=O)N1C[C@@H](O)c1ccc(F)cc1. The van der Waals surface area contributed by atoms with Crippen LogP contribution in [-0.4, -0.2) is 28.4 Å². The van der Waals surface area contributed by atoms with E-state index in [1.54, 1.807) is 0 Å². The quantitative estimate of drug-likeness (QED) is 0.868. The van der Waals surface area contributed by atoms with Crippen LogP contribution < -0.4 is 0 Å². The summed E-state index contributed by atoms with van der Waals surface area (Å²) < 4.78 is 12.9. The van der Waals surface area contributed by atoms with Crippen LogP contribution in [0.5, 0.6) is 0 Å². The van der Waals surface area contributed by atoms with Gasteiger partial charge in [0.25, 0.3) is 0 Å². The molecule has 2 amide bonds. The minimum absolute atomic E-state index is 0.0505. The first-order chi connectivity index (χ1) is 10.0. The average Bonchev–Trinajstić information content (AvgIpc) is 3.01. The van der Waals surface area contributed by atoms with Crippen molar-refractivity contribution >= 4 is 11.8 Å². The lowest BCUT2D eigenvalue weighted by Crippen LogP contribution is -2.37. The van der Waals surface area contributed by atoms with Crippen LogP contribution in [0.4, 0.5) is 4.39 Å². The Morgan fingerprint density at radius 2 is 1.81 bits per heavy atom. The molecular formula is C16H18FNO3. The average molecular weight is 291 g/mol. The number of nitrogens with zero attached hydrogens (tertiary/aromatic N) is 1. The number of benzene rings is 1. The van der Waals surface area contributed by atoms with Gasteiger partial charge >= 0.3 is 0 Å². The number of hydrogen-bond acceptors (Lipinski definition) is 3. The zero-order valence-corrected chi connectivity index (χ0v) is 11.7. The topological polar surface area (TPSA) is 57.6 Å². The van der Waals surface area contributed by atoms with Crippen LogP contribution in [0.1, 0.15) is 43.8 Å². The molecule has 1 aliphatic carbocycles. The summed E-state index contributed by atoms with van der Waals surface area (Å²) in [5, 5.41) is 10.2. The van der Waals surface area contributed by atoms with Crippen molar-refractivity contribution in [2.24, 2.45) is 5.41 Å². The maximum Gasteiger partial charge on any atom is 0.236 e. The molecule has 1 spiro atoms. The van der Waals surface area contributed by atoms with Crippen molar-refractivity contribution in [3.05, 3.63) is 35.6 Å². The van der Waals surface area contributed by atoms with E-state index in [9.17, 15) is 19.1 Å². The van der Waals surface area contributed by atoms with Gasteiger partial charge in [0, 0.05) is 6.42 Å². The number of imide groups is 1. The van der Waals surface area contributed by atoms with Crippen LogP contribution in [0.15, 0.2) is 24.3 Å². The summed E-state index contributed by atoms with van der Waals surface area (Å²) in [5.74, 6) is -0.738. The van der Waals surface area contributed by atoms with E-state index in [-0.39, 0.29) is 30.6 Å². The molecule has 0 aromatic heterocycles. The van der Waals surface area contributed by atoms with Gasteiger partial charge in [-0.3, -0.25) is 14.5 Å². The van der Waals surface area contributed by atoms with Crippen molar-refractivity contribution in [1.82, 2.24) is 4.90 Å². The summed E-state index contributed by atoms with van der Waals surface area (Å²) >= 11 is 0. The Hall–Kier alpha value is -1.75. The van der Waals surface area contributed by atoms with E-state index < -0.39 is 11.5 Å². The Morgan fingerprint density at radius 3 is 2.43 bits per heavy atom. The number of rotatable bonds is 3. The van der Waals surface area contributed by atoms with Gasteiger partial charge in [0.1, 0.15) is 5.82 Å². The molecule has 1 saturated heterocycles. The number of amides is 2. The van der Waals surface area contributed by atoms with Gasteiger partial charge in [0.15, 0.2) is 0 Å². The van der Waals surface area contributed by atoms with Gasteiger partial charge in [-0.25, -0.2) is 4.39 Å². The van der Waals surface area contributed by atoms with Gasteiger partial charge in [-0.2, -0.15) is 0 Å². The molecule has 1 aliphatic heterocycles. The predicted octanol–water partition coefficient (Wildman–Crippen LogP) is 2.18. The van der Waals surface area contributed by atoms with E-state index >= 15 is 0 Å². The molecule has 5 heteroatoms. The highest BCUT2D eigenvalue weighted by atomic mass is 19.1. The van der Waals surface area contributed by atoms with Crippen molar-refractivity contribution in [2.45, 2.75) is 38.2 Å². The highest BCUT2D eigenvalue weighted by Crippen LogP contribution is 2.47. The lowest BCUT2D eigenvalue weighted by Gasteiger charge is -2.23. The Labute approximate surface area is 122 Å². The molecule has 1 aromatic rings. The van der Waals surface area contributed by atoms with Crippen LogP contribution in [0.2, 0.25) is 0 Å². The second-order valence-electron chi connectivity index (χ2n) is 6.04. The normalized spacial score (nSPS) is 22.3. The molecule has 1 heterocycles. The molecule has 3 rings (SSSR count). The highest BCUT2D eigenvalue weighted by molar-refractivity contribution is 6.06.